The monoisotopic (exact) mass is 683 g/mol. The van der Waals surface area contributed by atoms with Gasteiger partial charge < -0.3 is 31.3 Å². The van der Waals surface area contributed by atoms with E-state index in [1.54, 1.807) is 41.5 Å². The van der Waals surface area contributed by atoms with Crippen LogP contribution in [0, 0.1) is 28.6 Å². The number of rotatable bonds is 15. The zero-order valence-corrected chi connectivity index (χ0v) is 30.7. The number of Topliss-reactive ketones (excluding diaryl/α,β-unsaturated/α-hetero) is 1. The van der Waals surface area contributed by atoms with Crippen LogP contribution in [0.2, 0.25) is 0 Å². The SMILES string of the molecule is CCC(C)(C)[C@H]1CCN(C(=O)[C@@H](NC(=O)N[C@](C)(C(=O)OCc2ccccc2)C(C)C)C(C)(C)C)[C@@H]1C(=O)NC(CC1CC1)C(=O)C(N)=O. The smallest absolute Gasteiger partial charge is 0.332 e. The molecule has 0 bridgehead atoms. The number of hydrogen-bond acceptors (Lipinski definition) is 7. The second-order valence-electron chi connectivity index (χ2n) is 16.0. The number of ketones is 1. The summed E-state index contributed by atoms with van der Waals surface area (Å²) in [6.07, 6.45) is 3.38. The molecule has 12 heteroatoms. The van der Waals surface area contributed by atoms with Gasteiger partial charge in [-0.25, -0.2) is 9.59 Å². The minimum atomic E-state index is -1.42. The molecule has 12 nitrogen and oxygen atoms in total. The molecule has 0 aromatic heterocycles. The molecular weight excluding hydrogens is 626 g/mol. The molecule has 1 aromatic carbocycles. The van der Waals surface area contributed by atoms with Crippen molar-refractivity contribution in [3.05, 3.63) is 35.9 Å². The summed E-state index contributed by atoms with van der Waals surface area (Å²) in [7, 11) is 0. The summed E-state index contributed by atoms with van der Waals surface area (Å²) in [6.45, 7) is 17.0. The van der Waals surface area contributed by atoms with Gasteiger partial charge >= 0.3 is 12.0 Å². The lowest BCUT2D eigenvalue weighted by Crippen LogP contribution is -2.64. The maximum absolute atomic E-state index is 14.5. The van der Waals surface area contributed by atoms with Crippen molar-refractivity contribution in [2.45, 2.75) is 125 Å². The average molecular weight is 684 g/mol. The second-order valence-corrected chi connectivity index (χ2v) is 16.0. The number of ether oxygens (including phenoxy) is 1. The molecule has 1 saturated carbocycles. The van der Waals surface area contributed by atoms with Gasteiger partial charge in [0.15, 0.2) is 0 Å². The van der Waals surface area contributed by atoms with Gasteiger partial charge in [-0.05, 0) is 53.9 Å². The van der Waals surface area contributed by atoms with Crippen LogP contribution in [0.4, 0.5) is 4.79 Å². The summed E-state index contributed by atoms with van der Waals surface area (Å²) in [5, 5.41) is 8.37. The van der Waals surface area contributed by atoms with Crippen molar-refractivity contribution in [2.24, 2.45) is 34.3 Å². The van der Waals surface area contributed by atoms with Crippen LogP contribution in [-0.4, -0.2) is 70.6 Å². The van der Waals surface area contributed by atoms with Crippen LogP contribution in [0.15, 0.2) is 30.3 Å². The first kappa shape index (κ1) is 39.5. The first-order valence-corrected chi connectivity index (χ1v) is 17.5. The highest BCUT2D eigenvalue weighted by molar-refractivity contribution is 6.37. The van der Waals surface area contributed by atoms with Gasteiger partial charge in [-0.15, -0.1) is 0 Å². The molecule has 1 unspecified atom stereocenters. The van der Waals surface area contributed by atoms with E-state index in [0.29, 0.717) is 12.8 Å². The van der Waals surface area contributed by atoms with Crippen molar-refractivity contribution in [2.75, 3.05) is 6.54 Å². The highest BCUT2D eigenvalue weighted by Gasteiger charge is 2.51. The van der Waals surface area contributed by atoms with E-state index >= 15 is 0 Å². The van der Waals surface area contributed by atoms with E-state index in [0.717, 1.165) is 24.8 Å². The first-order valence-electron chi connectivity index (χ1n) is 17.5. The zero-order chi connectivity index (χ0) is 36.9. The number of hydrogen-bond donors (Lipinski definition) is 4. The van der Waals surface area contributed by atoms with Crippen LogP contribution in [-0.2, 0) is 35.3 Å². The molecule has 1 aromatic rings. The fourth-order valence-corrected chi connectivity index (χ4v) is 6.31. The number of esters is 1. The molecule has 1 aliphatic carbocycles. The van der Waals surface area contributed by atoms with Gasteiger partial charge in [0, 0.05) is 6.54 Å². The highest BCUT2D eigenvalue weighted by Crippen LogP contribution is 2.42. The fraction of sp³-hybridized carbons (Fsp3) is 0.676. The third-order valence-corrected chi connectivity index (χ3v) is 10.6. The van der Waals surface area contributed by atoms with Crippen LogP contribution in [0.1, 0.15) is 100.0 Å². The summed E-state index contributed by atoms with van der Waals surface area (Å²) in [4.78, 5) is 81.6. The molecule has 5 amide bonds. The molecule has 49 heavy (non-hydrogen) atoms. The van der Waals surface area contributed by atoms with E-state index in [1.807, 2.05) is 51.1 Å². The molecule has 1 saturated heterocycles. The van der Waals surface area contributed by atoms with E-state index in [9.17, 15) is 28.8 Å². The standard InChI is InChI=1S/C37H57N5O7/c1-10-36(7,8)25-18-19-42(27(25)31(45)39-26(20-23-16-17-23)28(43)30(38)44)32(46)29(35(4,5)6)40-34(48)41-37(9,22(2)3)33(47)49-21-24-14-12-11-13-15-24/h11-15,22-23,25-27,29H,10,16-21H2,1-9H3,(H2,38,44)(H,39,45)(H2,40,41,48)/t25-,26?,27-,29+,37-/m0/s1. The fourth-order valence-electron chi connectivity index (χ4n) is 6.31. The van der Waals surface area contributed by atoms with Crippen molar-refractivity contribution in [3.63, 3.8) is 0 Å². The lowest BCUT2D eigenvalue weighted by atomic mass is 9.72. The minimum Gasteiger partial charge on any atom is -0.459 e. The largest absolute Gasteiger partial charge is 0.459 e. The molecule has 272 valence electrons. The normalized spacial score (nSPS) is 20.5. The Morgan fingerprint density at radius 3 is 2.06 bits per heavy atom. The van der Waals surface area contributed by atoms with Gasteiger partial charge in [0.2, 0.25) is 17.6 Å². The molecule has 0 radical (unpaired) electrons. The van der Waals surface area contributed by atoms with Crippen molar-refractivity contribution >= 4 is 35.5 Å². The minimum absolute atomic E-state index is 0.0363. The highest BCUT2D eigenvalue weighted by atomic mass is 16.5. The molecule has 0 spiro atoms. The topological polar surface area (TPSA) is 177 Å². The third-order valence-electron chi connectivity index (χ3n) is 10.6. The molecule has 2 fully saturated rings. The van der Waals surface area contributed by atoms with Gasteiger partial charge in [-0.2, -0.15) is 0 Å². The Balaban J connectivity index is 1.86. The lowest BCUT2D eigenvalue weighted by Gasteiger charge is -2.40. The number of nitrogens with zero attached hydrogens (tertiary/aromatic N) is 1. The number of carbonyl (C=O) groups excluding carboxylic acids is 6. The van der Waals surface area contributed by atoms with E-state index < -0.39 is 64.6 Å². The Labute approximate surface area is 291 Å². The Bertz CT molecular complexity index is 1380. The summed E-state index contributed by atoms with van der Waals surface area (Å²) in [5.74, 6) is -3.98. The lowest BCUT2D eigenvalue weighted by molar-refractivity contribution is -0.153. The van der Waals surface area contributed by atoms with E-state index in [2.05, 4.69) is 16.0 Å². The Hall–Kier alpha value is -3.96. The van der Waals surface area contributed by atoms with Gasteiger partial charge in [-0.1, -0.05) is 105 Å². The summed E-state index contributed by atoms with van der Waals surface area (Å²) < 4.78 is 5.59. The number of urea groups is 1. The number of nitrogens with one attached hydrogen (secondary N) is 3. The van der Waals surface area contributed by atoms with Crippen LogP contribution in [0.3, 0.4) is 0 Å². The van der Waals surface area contributed by atoms with Gasteiger partial charge in [-0.3, -0.25) is 19.2 Å². The van der Waals surface area contributed by atoms with Crippen molar-refractivity contribution in [1.29, 1.82) is 0 Å². The van der Waals surface area contributed by atoms with Crippen molar-refractivity contribution < 1.29 is 33.5 Å². The first-order chi connectivity index (χ1) is 22.7. The second kappa shape index (κ2) is 15.7. The van der Waals surface area contributed by atoms with Crippen molar-refractivity contribution in [3.8, 4) is 0 Å². The van der Waals surface area contributed by atoms with Gasteiger partial charge in [0.25, 0.3) is 5.91 Å². The van der Waals surface area contributed by atoms with Crippen LogP contribution >= 0.6 is 0 Å². The molecule has 5 atom stereocenters. The number of primary amides is 1. The molecule has 1 aliphatic heterocycles. The zero-order valence-electron chi connectivity index (χ0n) is 30.7. The number of benzene rings is 1. The molecular formula is C37H57N5O7. The molecule has 2 aliphatic rings. The predicted molar refractivity (Wildman–Crippen MR) is 186 cm³/mol. The Kier molecular flexibility index (Phi) is 12.7. The van der Waals surface area contributed by atoms with E-state index in [4.69, 9.17) is 10.5 Å². The van der Waals surface area contributed by atoms with Crippen LogP contribution in [0.5, 0.6) is 0 Å². The summed E-state index contributed by atoms with van der Waals surface area (Å²) in [5.41, 5.74) is 3.57. The van der Waals surface area contributed by atoms with Crippen LogP contribution in [0.25, 0.3) is 0 Å². The number of nitrogens with two attached hydrogens (primary N) is 1. The average Bonchev–Trinajstić information content (AvgIpc) is 3.73. The molecule has 1 heterocycles. The van der Waals surface area contributed by atoms with Crippen LogP contribution < -0.4 is 21.7 Å². The van der Waals surface area contributed by atoms with Gasteiger partial charge in [0.05, 0.1) is 6.04 Å². The van der Waals surface area contributed by atoms with E-state index in [-0.39, 0.29) is 36.3 Å². The Morgan fingerprint density at radius 2 is 1.55 bits per heavy atom. The Morgan fingerprint density at radius 1 is 0.939 bits per heavy atom. The number of carbonyl (C=O) groups is 6. The number of amides is 5. The summed E-state index contributed by atoms with van der Waals surface area (Å²) >= 11 is 0. The predicted octanol–water partition coefficient (Wildman–Crippen LogP) is 3.85. The number of likely N-dealkylation sites (tertiary alicyclic amines) is 1. The van der Waals surface area contributed by atoms with Crippen molar-refractivity contribution in [1.82, 2.24) is 20.9 Å². The molecule has 3 rings (SSSR count). The van der Waals surface area contributed by atoms with E-state index in [1.165, 1.54) is 4.90 Å². The maximum atomic E-state index is 14.5. The quantitative estimate of drug-likeness (QED) is 0.160. The maximum Gasteiger partial charge on any atom is 0.332 e. The van der Waals surface area contributed by atoms with Gasteiger partial charge in [0.1, 0.15) is 24.2 Å². The summed E-state index contributed by atoms with van der Waals surface area (Å²) in [6, 6.07) is 5.37. The molecule has 5 N–H and O–H groups in total. The third kappa shape index (κ3) is 9.82.